The van der Waals surface area contributed by atoms with E-state index in [4.69, 9.17) is 0 Å². The van der Waals surface area contributed by atoms with Crippen LogP contribution in [0.1, 0.15) is 18.4 Å². The van der Waals surface area contributed by atoms with Gasteiger partial charge in [0.05, 0.1) is 5.92 Å². The maximum Gasteiger partial charge on any atom is 0.309 e. The second kappa shape index (κ2) is 3.82. The topological polar surface area (TPSA) is 69.6 Å². The van der Waals surface area contributed by atoms with Gasteiger partial charge in [-0.1, -0.05) is 18.2 Å². The first-order chi connectivity index (χ1) is 9.64. The monoisotopic (exact) mass is 272 g/mol. The van der Waals surface area contributed by atoms with Gasteiger partial charge in [-0.05, 0) is 31.0 Å². The Morgan fingerprint density at radius 1 is 1.40 bits per heavy atom. The van der Waals surface area contributed by atoms with Gasteiger partial charge in [-0.15, -0.1) is 0 Å². The number of benzene rings is 1. The number of carboxylic acids is 1. The lowest BCUT2D eigenvalue weighted by molar-refractivity contribution is -0.146. The number of hydrogen-bond acceptors (Lipinski definition) is 3. The van der Waals surface area contributed by atoms with Crippen molar-refractivity contribution in [3.63, 3.8) is 0 Å². The van der Waals surface area contributed by atoms with Crippen molar-refractivity contribution in [1.82, 2.24) is 4.90 Å². The molecule has 5 heteroatoms. The molecule has 0 unspecified atom stereocenters. The average molecular weight is 272 g/mol. The van der Waals surface area contributed by atoms with Crippen molar-refractivity contribution in [2.24, 2.45) is 5.92 Å². The van der Waals surface area contributed by atoms with Gasteiger partial charge in [-0.25, -0.2) is 0 Å². The lowest BCUT2D eigenvalue weighted by Gasteiger charge is -2.27. The summed E-state index contributed by atoms with van der Waals surface area (Å²) in [4.78, 5) is 26.6. The molecule has 3 atom stereocenters. The largest absolute Gasteiger partial charge is 0.481 e. The second-order valence-electron chi connectivity index (χ2n) is 5.97. The third-order valence-corrected chi connectivity index (χ3v) is 5.11. The van der Waals surface area contributed by atoms with Gasteiger partial charge >= 0.3 is 5.97 Å². The number of carbonyl (C=O) groups excluding carboxylic acids is 1. The van der Waals surface area contributed by atoms with Gasteiger partial charge < -0.3 is 10.4 Å². The van der Waals surface area contributed by atoms with E-state index >= 15 is 0 Å². The van der Waals surface area contributed by atoms with E-state index in [9.17, 15) is 14.7 Å². The first kappa shape index (κ1) is 11.9. The van der Waals surface area contributed by atoms with E-state index in [0.717, 1.165) is 30.6 Å². The lowest BCUT2D eigenvalue weighted by Crippen LogP contribution is -2.46. The summed E-state index contributed by atoms with van der Waals surface area (Å²) in [5.74, 6) is -1.65. The van der Waals surface area contributed by atoms with Crippen LogP contribution < -0.4 is 5.32 Å². The van der Waals surface area contributed by atoms with Gasteiger partial charge in [0.2, 0.25) is 5.91 Å². The molecule has 3 heterocycles. The standard InChI is InChI=1S/C15H16N2O3/c18-13(19)12-11-6-3-7-17(11)8-15(12)9-4-1-2-5-10(9)16-14(15)20/h1-2,4-5,11-12H,3,6-8H2,(H,16,20)(H,18,19)/t11-,12+,15+/m1/s1. The molecule has 5 nitrogen and oxygen atoms in total. The summed E-state index contributed by atoms with van der Waals surface area (Å²) in [6, 6.07) is 7.48. The highest BCUT2D eigenvalue weighted by atomic mass is 16.4. The number of nitrogens with one attached hydrogen (secondary N) is 1. The van der Waals surface area contributed by atoms with Crippen LogP contribution in [0.5, 0.6) is 0 Å². The number of amides is 1. The molecule has 0 aromatic heterocycles. The molecule has 3 aliphatic rings. The van der Waals surface area contributed by atoms with Gasteiger partial charge in [0, 0.05) is 18.3 Å². The zero-order valence-corrected chi connectivity index (χ0v) is 11.0. The summed E-state index contributed by atoms with van der Waals surface area (Å²) in [6.07, 6.45) is 1.89. The number of nitrogens with zero attached hydrogens (tertiary/aromatic N) is 1. The van der Waals surface area contributed by atoms with E-state index in [1.807, 2.05) is 24.3 Å². The number of anilines is 1. The third kappa shape index (κ3) is 1.26. The van der Waals surface area contributed by atoms with Crippen molar-refractivity contribution in [1.29, 1.82) is 0 Å². The summed E-state index contributed by atoms with van der Waals surface area (Å²) in [6.45, 7) is 1.42. The summed E-state index contributed by atoms with van der Waals surface area (Å²) in [7, 11) is 0. The molecule has 1 aromatic carbocycles. The molecule has 104 valence electrons. The fourth-order valence-electron chi connectivity index (χ4n) is 4.35. The minimum Gasteiger partial charge on any atom is -0.481 e. The number of rotatable bonds is 1. The Bertz CT molecular complexity index is 615. The van der Waals surface area contributed by atoms with Gasteiger partial charge in [0.1, 0.15) is 5.41 Å². The van der Waals surface area contributed by atoms with Crippen LogP contribution in [0, 0.1) is 5.92 Å². The molecule has 1 aromatic rings. The Morgan fingerprint density at radius 2 is 2.20 bits per heavy atom. The highest BCUT2D eigenvalue weighted by molar-refractivity contribution is 6.09. The number of aliphatic carboxylic acids is 1. The fourth-order valence-corrected chi connectivity index (χ4v) is 4.35. The molecule has 20 heavy (non-hydrogen) atoms. The van der Waals surface area contributed by atoms with E-state index in [2.05, 4.69) is 10.2 Å². The molecule has 2 N–H and O–H groups in total. The third-order valence-electron chi connectivity index (χ3n) is 5.11. The number of para-hydroxylation sites is 1. The molecule has 0 bridgehead atoms. The Kier molecular flexibility index (Phi) is 2.27. The molecule has 0 aliphatic carbocycles. The van der Waals surface area contributed by atoms with Gasteiger partial charge in [0.25, 0.3) is 0 Å². The van der Waals surface area contributed by atoms with Crippen LogP contribution in [-0.4, -0.2) is 41.0 Å². The van der Waals surface area contributed by atoms with Crippen molar-refractivity contribution >= 4 is 17.6 Å². The van der Waals surface area contributed by atoms with Crippen LogP contribution in [0.4, 0.5) is 5.69 Å². The molecule has 0 saturated carbocycles. The van der Waals surface area contributed by atoms with Crippen LogP contribution >= 0.6 is 0 Å². The first-order valence-corrected chi connectivity index (χ1v) is 7.02. The predicted octanol–water partition coefficient (Wildman–Crippen LogP) is 1.06. The first-order valence-electron chi connectivity index (χ1n) is 7.02. The summed E-state index contributed by atoms with van der Waals surface area (Å²) < 4.78 is 0. The highest BCUT2D eigenvalue weighted by Crippen LogP contribution is 2.52. The molecule has 4 rings (SSSR count). The zero-order valence-electron chi connectivity index (χ0n) is 11.0. The van der Waals surface area contributed by atoms with Crippen molar-refractivity contribution in [2.75, 3.05) is 18.4 Å². The van der Waals surface area contributed by atoms with E-state index < -0.39 is 17.3 Å². The van der Waals surface area contributed by atoms with Gasteiger partial charge in [0.15, 0.2) is 0 Å². The van der Waals surface area contributed by atoms with Crippen LogP contribution in [0.15, 0.2) is 24.3 Å². The molecule has 0 radical (unpaired) electrons. The zero-order chi connectivity index (χ0) is 13.9. The highest BCUT2D eigenvalue weighted by Gasteiger charge is 2.64. The molecular weight excluding hydrogens is 256 g/mol. The van der Waals surface area contributed by atoms with Crippen LogP contribution in [0.2, 0.25) is 0 Å². The van der Waals surface area contributed by atoms with E-state index in [1.54, 1.807) is 0 Å². The molecule has 1 amide bonds. The number of carbonyl (C=O) groups is 2. The maximum absolute atomic E-state index is 12.6. The van der Waals surface area contributed by atoms with Crippen LogP contribution in [0.3, 0.4) is 0 Å². The Morgan fingerprint density at radius 3 is 3.00 bits per heavy atom. The fraction of sp³-hybridized carbons (Fsp3) is 0.467. The van der Waals surface area contributed by atoms with Crippen LogP contribution in [-0.2, 0) is 15.0 Å². The smallest absolute Gasteiger partial charge is 0.309 e. The van der Waals surface area contributed by atoms with Crippen molar-refractivity contribution in [2.45, 2.75) is 24.3 Å². The van der Waals surface area contributed by atoms with Crippen LogP contribution in [0.25, 0.3) is 0 Å². The molecule has 2 fully saturated rings. The molecular formula is C15H16N2O3. The van der Waals surface area contributed by atoms with Crippen molar-refractivity contribution in [3.8, 4) is 0 Å². The van der Waals surface area contributed by atoms with E-state index in [1.165, 1.54) is 0 Å². The van der Waals surface area contributed by atoms with Crippen molar-refractivity contribution in [3.05, 3.63) is 29.8 Å². The van der Waals surface area contributed by atoms with E-state index in [0.29, 0.717) is 6.54 Å². The second-order valence-corrected chi connectivity index (χ2v) is 5.97. The quantitative estimate of drug-likeness (QED) is 0.802. The predicted molar refractivity (Wildman–Crippen MR) is 72.5 cm³/mol. The number of hydrogen-bond donors (Lipinski definition) is 2. The molecule has 2 saturated heterocycles. The summed E-state index contributed by atoms with van der Waals surface area (Å²) in [5, 5.41) is 12.6. The number of carboxylic acid groups (broad SMARTS) is 1. The average Bonchev–Trinajstić information content (AvgIpc) is 3.03. The maximum atomic E-state index is 12.6. The SMILES string of the molecule is O=C(O)[C@@H]1[C@H]2CCCN2C[C@@]12C(=O)Nc1ccccc12. The summed E-state index contributed by atoms with van der Waals surface area (Å²) in [5.41, 5.74) is 0.713. The van der Waals surface area contributed by atoms with Crippen molar-refractivity contribution < 1.29 is 14.7 Å². The Labute approximate surface area is 116 Å². The van der Waals surface area contributed by atoms with E-state index in [-0.39, 0.29) is 11.9 Å². The number of fused-ring (bicyclic) bond motifs is 3. The Balaban J connectivity index is 1.91. The molecule has 1 spiro atoms. The molecule has 3 aliphatic heterocycles. The van der Waals surface area contributed by atoms with Gasteiger partial charge in [-0.3, -0.25) is 14.5 Å². The summed E-state index contributed by atoms with van der Waals surface area (Å²) >= 11 is 0. The Hall–Kier alpha value is -1.88. The normalized spacial score (nSPS) is 35.1. The lowest BCUT2D eigenvalue weighted by atomic mass is 9.70. The van der Waals surface area contributed by atoms with Gasteiger partial charge in [-0.2, -0.15) is 0 Å². The minimum absolute atomic E-state index is 0.00981. The minimum atomic E-state index is -0.909.